The van der Waals surface area contributed by atoms with Gasteiger partial charge in [0.05, 0.1) is 24.1 Å². The minimum absolute atomic E-state index is 0.227. The van der Waals surface area contributed by atoms with Crippen LogP contribution in [0.4, 0.5) is 11.4 Å². The van der Waals surface area contributed by atoms with Gasteiger partial charge in [-0.15, -0.1) is 0 Å². The molecule has 3 rings (SSSR count). The van der Waals surface area contributed by atoms with Crippen LogP contribution in [0, 0.1) is 6.92 Å². The molecule has 32 heavy (non-hydrogen) atoms. The Morgan fingerprint density at radius 2 is 1.84 bits per heavy atom. The van der Waals surface area contributed by atoms with Crippen molar-refractivity contribution in [3.63, 3.8) is 0 Å². The van der Waals surface area contributed by atoms with Crippen LogP contribution < -0.4 is 19.1 Å². The molecule has 2 aromatic carbocycles. The van der Waals surface area contributed by atoms with Crippen molar-refractivity contribution in [2.45, 2.75) is 26.8 Å². The second-order valence-corrected chi connectivity index (χ2v) is 9.11. The average molecular weight is 463 g/mol. The second-order valence-electron chi connectivity index (χ2n) is 7.25. The quantitative estimate of drug-likeness (QED) is 0.630. The predicted octanol–water partition coefficient (Wildman–Crippen LogP) is 2.74. The fourth-order valence-electron chi connectivity index (χ4n) is 3.42. The van der Waals surface area contributed by atoms with E-state index in [4.69, 9.17) is 14.2 Å². The van der Waals surface area contributed by atoms with Gasteiger partial charge in [-0.05, 0) is 50.6 Å². The van der Waals surface area contributed by atoms with E-state index in [2.05, 4.69) is 5.32 Å². The van der Waals surface area contributed by atoms with E-state index in [9.17, 15) is 18.0 Å². The molecule has 1 N–H and O–H groups in total. The second kappa shape index (κ2) is 9.47. The number of nitrogens with one attached hydrogen (secondary N) is 1. The minimum Gasteiger partial charge on any atom is -0.486 e. The Balaban J connectivity index is 1.89. The molecule has 1 aliphatic rings. The zero-order valence-corrected chi connectivity index (χ0v) is 19.2. The summed E-state index contributed by atoms with van der Waals surface area (Å²) in [5, 5.41) is 2.72. The molecule has 9 nitrogen and oxygen atoms in total. The summed E-state index contributed by atoms with van der Waals surface area (Å²) in [5.41, 5.74) is 1.51. The van der Waals surface area contributed by atoms with Gasteiger partial charge in [0, 0.05) is 11.8 Å². The molecule has 0 aliphatic carbocycles. The Hall–Kier alpha value is -3.27. The molecule has 10 heteroatoms. The van der Waals surface area contributed by atoms with Gasteiger partial charge < -0.3 is 19.5 Å². The number of sulfonamides is 1. The van der Waals surface area contributed by atoms with Gasteiger partial charge >= 0.3 is 5.97 Å². The smallest absolute Gasteiger partial charge is 0.338 e. The molecule has 1 aliphatic heterocycles. The topological polar surface area (TPSA) is 111 Å². The summed E-state index contributed by atoms with van der Waals surface area (Å²) >= 11 is 0. The number of carbonyl (C=O) groups is 2. The van der Waals surface area contributed by atoms with Gasteiger partial charge in [-0.25, -0.2) is 13.2 Å². The largest absolute Gasteiger partial charge is 0.486 e. The van der Waals surface area contributed by atoms with E-state index in [1.54, 1.807) is 44.2 Å². The molecule has 0 aromatic heterocycles. The number of carbonyl (C=O) groups excluding carboxylic acids is 2. The van der Waals surface area contributed by atoms with Crippen molar-refractivity contribution in [2.24, 2.45) is 0 Å². The number of rotatable bonds is 7. The van der Waals surface area contributed by atoms with E-state index in [1.807, 2.05) is 0 Å². The molecule has 1 atom stereocenters. The van der Waals surface area contributed by atoms with Crippen LogP contribution in [0.2, 0.25) is 0 Å². The third kappa shape index (κ3) is 4.96. The number of esters is 1. The number of benzene rings is 2. The van der Waals surface area contributed by atoms with E-state index in [0.29, 0.717) is 41.5 Å². The molecule has 1 amide bonds. The first-order chi connectivity index (χ1) is 15.1. The van der Waals surface area contributed by atoms with Crippen LogP contribution in [-0.4, -0.2) is 52.4 Å². The highest BCUT2D eigenvalue weighted by Gasteiger charge is 2.30. The summed E-state index contributed by atoms with van der Waals surface area (Å²) in [6.07, 6.45) is 1.03. The molecule has 0 saturated carbocycles. The van der Waals surface area contributed by atoms with Gasteiger partial charge in [-0.1, -0.05) is 6.07 Å². The maximum absolute atomic E-state index is 13.0. The van der Waals surface area contributed by atoms with Crippen LogP contribution >= 0.6 is 0 Å². The maximum atomic E-state index is 13.0. The van der Waals surface area contributed by atoms with E-state index >= 15 is 0 Å². The van der Waals surface area contributed by atoms with Crippen molar-refractivity contribution < 1.29 is 32.2 Å². The van der Waals surface area contributed by atoms with Crippen LogP contribution in [0.15, 0.2) is 36.4 Å². The number of amides is 1. The summed E-state index contributed by atoms with van der Waals surface area (Å²) < 4.78 is 42.3. The highest BCUT2D eigenvalue weighted by Crippen LogP contribution is 2.35. The Labute approximate surface area is 187 Å². The number of anilines is 2. The average Bonchev–Trinajstić information content (AvgIpc) is 2.74. The summed E-state index contributed by atoms with van der Waals surface area (Å²) in [6.45, 7) is 5.86. The van der Waals surface area contributed by atoms with Crippen LogP contribution in [0.1, 0.15) is 29.8 Å². The first kappa shape index (κ1) is 23.4. The number of hydrogen-bond acceptors (Lipinski definition) is 7. The first-order valence-corrected chi connectivity index (χ1v) is 11.9. The van der Waals surface area contributed by atoms with Crippen molar-refractivity contribution in [1.29, 1.82) is 0 Å². The van der Waals surface area contributed by atoms with Crippen LogP contribution in [0.3, 0.4) is 0 Å². The van der Waals surface area contributed by atoms with E-state index in [0.717, 1.165) is 10.6 Å². The zero-order valence-electron chi connectivity index (χ0n) is 18.4. The Bertz CT molecular complexity index is 1130. The van der Waals surface area contributed by atoms with Crippen LogP contribution in [-0.2, 0) is 19.6 Å². The lowest BCUT2D eigenvalue weighted by atomic mass is 10.1. The molecule has 0 unspecified atom stereocenters. The number of ether oxygens (including phenoxy) is 3. The zero-order chi connectivity index (χ0) is 23.5. The summed E-state index contributed by atoms with van der Waals surface area (Å²) in [7, 11) is -3.82. The van der Waals surface area contributed by atoms with Gasteiger partial charge in [-0.2, -0.15) is 0 Å². The van der Waals surface area contributed by atoms with Crippen molar-refractivity contribution in [3.8, 4) is 11.5 Å². The molecule has 0 spiro atoms. The van der Waals surface area contributed by atoms with Crippen LogP contribution in [0.5, 0.6) is 11.5 Å². The third-order valence-electron chi connectivity index (χ3n) is 4.96. The Kier molecular flexibility index (Phi) is 6.93. The predicted molar refractivity (Wildman–Crippen MR) is 120 cm³/mol. The molecule has 0 bridgehead atoms. The van der Waals surface area contributed by atoms with Gasteiger partial charge in [0.2, 0.25) is 15.9 Å². The van der Waals surface area contributed by atoms with Crippen molar-refractivity contribution in [2.75, 3.05) is 35.7 Å². The highest BCUT2D eigenvalue weighted by molar-refractivity contribution is 7.92. The van der Waals surface area contributed by atoms with Gasteiger partial charge in [0.15, 0.2) is 11.5 Å². The Morgan fingerprint density at radius 1 is 1.16 bits per heavy atom. The molecular weight excluding hydrogens is 436 g/mol. The normalized spacial score (nSPS) is 13.8. The van der Waals surface area contributed by atoms with E-state index < -0.39 is 27.9 Å². The van der Waals surface area contributed by atoms with Crippen molar-refractivity contribution >= 4 is 33.3 Å². The lowest BCUT2D eigenvalue weighted by molar-refractivity contribution is -0.116. The lowest BCUT2D eigenvalue weighted by Crippen LogP contribution is -2.45. The van der Waals surface area contributed by atoms with Gasteiger partial charge in [-0.3, -0.25) is 9.10 Å². The summed E-state index contributed by atoms with van der Waals surface area (Å²) in [5.74, 6) is -0.137. The maximum Gasteiger partial charge on any atom is 0.338 e. The monoisotopic (exact) mass is 462 g/mol. The molecule has 0 saturated heterocycles. The number of nitrogens with zero attached hydrogens (tertiary/aromatic N) is 1. The first-order valence-electron chi connectivity index (χ1n) is 10.1. The fourth-order valence-corrected chi connectivity index (χ4v) is 4.58. The number of hydrogen-bond donors (Lipinski definition) is 1. The molecule has 2 aromatic rings. The lowest BCUT2D eigenvalue weighted by Gasteiger charge is -2.29. The molecule has 172 valence electrons. The molecule has 0 fully saturated rings. The molecule has 0 radical (unpaired) electrons. The van der Waals surface area contributed by atoms with E-state index in [1.165, 1.54) is 13.0 Å². The summed E-state index contributed by atoms with van der Waals surface area (Å²) in [4.78, 5) is 25.2. The Morgan fingerprint density at radius 3 is 2.50 bits per heavy atom. The fraction of sp³-hybridized carbons (Fsp3) is 0.364. The van der Waals surface area contributed by atoms with Crippen molar-refractivity contribution in [1.82, 2.24) is 0 Å². The van der Waals surface area contributed by atoms with E-state index in [-0.39, 0.29) is 12.3 Å². The van der Waals surface area contributed by atoms with Crippen molar-refractivity contribution in [3.05, 3.63) is 47.5 Å². The molecular formula is C22H26N2O7S. The third-order valence-corrected chi connectivity index (χ3v) is 6.20. The molecule has 1 heterocycles. The minimum atomic E-state index is -3.82. The highest BCUT2D eigenvalue weighted by atomic mass is 32.2. The van der Waals surface area contributed by atoms with Gasteiger partial charge in [0.1, 0.15) is 19.3 Å². The van der Waals surface area contributed by atoms with Crippen LogP contribution in [0.25, 0.3) is 0 Å². The number of fused-ring (bicyclic) bond motifs is 1. The standard InChI is InChI=1S/C22H26N2O7S/c1-5-29-22(26)17-7-6-8-18(14(17)2)23-21(25)15(3)24(32(4,27)28)16-9-10-19-20(13-16)31-12-11-30-19/h6-10,13,15H,5,11-12H2,1-4H3,(H,23,25)/t15-/m0/s1. The summed E-state index contributed by atoms with van der Waals surface area (Å²) in [6, 6.07) is 8.48. The SMILES string of the molecule is CCOC(=O)c1cccc(NC(=O)[C@H](C)N(c2ccc3c(c2)OCCO3)S(C)(=O)=O)c1C. The van der Waals surface area contributed by atoms with Gasteiger partial charge in [0.25, 0.3) is 0 Å².